The fraction of sp³-hybridized carbons (Fsp3) is 0.545. The normalized spacial score (nSPS) is 19.7. The number of aromatic nitrogens is 3. The van der Waals surface area contributed by atoms with Crippen LogP contribution in [0.1, 0.15) is 44.2 Å². The minimum Gasteiger partial charge on any atom is -0.354 e. The van der Waals surface area contributed by atoms with Crippen molar-refractivity contribution >= 4 is 11.8 Å². The van der Waals surface area contributed by atoms with Crippen molar-refractivity contribution in [2.75, 3.05) is 24.5 Å². The molecule has 1 saturated carbocycles. The van der Waals surface area contributed by atoms with Gasteiger partial charge >= 0.3 is 12.2 Å². The lowest BCUT2D eigenvalue weighted by Crippen LogP contribution is -2.45. The first-order valence-corrected chi connectivity index (χ1v) is 11.0. The predicted molar refractivity (Wildman–Crippen MR) is 114 cm³/mol. The molecule has 32 heavy (non-hydrogen) atoms. The molecule has 172 valence electrons. The van der Waals surface area contributed by atoms with E-state index in [1.807, 2.05) is 0 Å². The molecule has 2 fully saturated rings. The number of urea groups is 1. The monoisotopic (exact) mass is 448 g/mol. The summed E-state index contributed by atoms with van der Waals surface area (Å²) in [5, 5.41) is 5.89. The number of hydrogen-bond donors (Lipinski definition) is 2. The van der Waals surface area contributed by atoms with Crippen molar-refractivity contribution in [3.63, 3.8) is 0 Å². The molecule has 2 aromatic heterocycles. The predicted octanol–water partition coefficient (Wildman–Crippen LogP) is 4.02. The third-order valence-electron chi connectivity index (χ3n) is 6.07. The van der Waals surface area contributed by atoms with E-state index in [9.17, 15) is 18.0 Å². The minimum atomic E-state index is -4.59. The maximum Gasteiger partial charge on any atom is 0.433 e. The van der Waals surface area contributed by atoms with Gasteiger partial charge in [-0.25, -0.2) is 14.8 Å². The van der Waals surface area contributed by atoms with Crippen molar-refractivity contribution in [2.45, 2.75) is 50.7 Å². The average Bonchev–Trinajstić information content (AvgIpc) is 3.26. The summed E-state index contributed by atoms with van der Waals surface area (Å²) in [5.41, 5.74) is -0.528. The fourth-order valence-corrected chi connectivity index (χ4v) is 4.32. The van der Waals surface area contributed by atoms with Crippen molar-refractivity contribution in [1.82, 2.24) is 25.6 Å². The number of nitrogens with zero attached hydrogens (tertiary/aromatic N) is 4. The second-order valence-electron chi connectivity index (χ2n) is 8.46. The van der Waals surface area contributed by atoms with Gasteiger partial charge < -0.3 is 15.5 Å². The van der Waals surface area contributed by atoms with Crippen LogP contribution in [0.25, 0.3) is 11.4 Å². The Hall–Kier alpha value is -2.91. The molecule has 1 atom stereocenters. The van der Waals surface area contributed by atoms with Gasteiger partial charge in [-0.15, -0.1) is 0 Å². The summed E-state index contributed by atoms with van der Waals surface area (Å²) in [5.74, 6) is 0.730. The molecule has 0 spiro atoms. The van der Waals surface area contributed by atoms with E-state index in [0.717, 1.165) is 18.9 Å². The van der Waals surface area contributed by atoms with Gasteiger partial charge in [0.05, 0.1) is 0 Å². The molecule has 10 heteroatoms. The first-order chi connectivity index (χ1) is 15.4. The van der Waals surface area contributed by atoms with E-state index in [4.69, 9.17) is 0 Å². The van der Waals surface area contributed by atoms with E-state index in [2.05, 4.69) is 25.6 Å². The quantitative estimate of drug-likeness (QED) is 0.722. The van der Waals surface area contributed by atoms with Gasteiger partial charge in [-0.2, -0.15) is 13.2 Å². The Balaban J connectivity index is 1.41. The van der Waals surface area contributed by atoms with Crippen LogP contribution in [-0.4, -0.2) is 46.7 Å². The van der Waals surface area contributed by atoms with Crippen LogP contribution in [0.4, 0.5) is 23.8 Å². The number of carbonyl (C=O) groups is 1. The van der Waals surface area contributed by atoms with Crippen LogP contribution < -0.4 is 15.5 Å². The molecular weight excluding hydrogens is 421 g/mol. The molecule has 1 aliphatic carbocycles. The Morgan fingerprint density at radius 3 is 2.56 bits per heavy atom. The summed E-state index contributed by atoms with van der Waals surface area (Å²) in [6.45, 7) is 1.55. The number of alkyl halides is 3. The summed E-state index contributed by atoms with van der Waals surface area (Å²) in [4.78, 5) is 26.0. The molecule has 2 aliphatic rings. The Morgan fingerprint density at radius 1 is 1.09 bits per heavy atom. The van der Waals surface area contributed by atoms with Crippen LogP contribution in [0.3, 0.4) is 0 Å². The van der Waals surface area contributed by atoms with Gasteiger partial charge in [0.2, 0.25) is 0 Å². The van der Waals surface area contributed by atoms with E-state index in [0.29, 0.717) is 37.5 Å². The molecule has 7 nitrogen and oxygen atoms in total. The lowest BCUT2D eigenvalue weighted by molar-refractivity contribution is -0.141. The number of amides is 2. The fourth-order valence-electron chi connectivity index (χ4n) is 4.32. The van der Waals surface area contributed by atoms with E-state index in [1.54, 1.807) is 17.0 Å². The molecule has 2 amide bonds. The molecule has 4 rings (SSSR count). The number of halogens is 3. The van der Waals surface area contributed by atoms with Crippen molar-refractivity contribution in [1.29, 1.82) is 0 Å². The van der Waals surface area contributed by atoms with Crippen molar-refractivity contribution in [3.05, 3.63) is 36.3 Å². The number of anilines is 1. The number of hydrogen-bond acceptors (Lipinski definition) is 5. The number of pyridine rings is 1. The molecule has 1 unspecified atom stereocenters. The minimum absolute atomic E-state index is 0.00106. The van der Waals surface area contributed by atoms with Crippen LogP contribution in [0.15, 0.2) is 30.6 Å². The molecule has 2 aromatic rings. The van der Waals surface area contributed by atoms with Gasteiger partial charge in [0.15, 0.2) is 11.5 Å². The number of nitrogens with one attached hydrogen (secondary N) is 2. The number of carbonyl (C=O) groups excluding carboxylic acids is 1. The van der Waals surface area contributed by atoms with Crippen LogP contribution >= 0.6 is 0 Å². The molecule has 0 radical (unpaired) electrons. The van der Waals surface area contributed by atoms with E-state index >= 15 is 0 Å². The summed E-state index contributed by atoms with van der Waals surface area (Å²) >= 11 is 0. The third-order valence-corrected chi connectivity index (χ3v) is 6.07. The molecule has 2 N–H and O–H groups in total. The number of rotatable bonds is 5. The first-order valence-electron chi connectivity index (χ1n) is 11.0. The Labute approximate surface area is 184 Å². The SMILES string of the molecule is O=C(NCC1CCCCC1)NC1CCN(c2cc(C(F)(F)F)nc(-c3ccncc3)n2)C1. The summed E-state index contributed by atoms with van der Waals surface area (Å²) < 4.78 is 40.4. The second-order valence-corrected chi connectivity index (χ2v) is 8.46. The van der Waals surface area contributed by atoms with E-state index in [1.165, 1.54) is 31.7 Å². The van der Waals surface area contributed by atoms with Crippen LogP contribution in [0.5, 0.6) is 0 Å². The molecule has 0 aromatic carbocycles. The van der Waals surface area contributed by atoms with Crippen molar-refractivity contribution in [2.24, 2.45) is 5.92 Å². The standard InChI is InChI=1S/C22H27F3N6O/c23-22(24,25)18-12-19(30-20(29-18)16-6-9-26-10-7-16)31-11-8-17(14-31)28-21(32)27-13-15-4-2-1-3-5-15/h6-7,9-10,12,15,17H,1-5,8,11,13-14H2,(H2,27,28,32). The van der Waals surface area contributed by atoms with E-state index in [-0.39, 0.29) is 23.7 Å². The van der Waals surface area contributed by atoms with E-state index < -0.39 is 11.9 Å². The molecular formula is C22H27F3N6O. The zero-order valence-electron chi connectivity index (χ0n) is 17.7. The van der Waals surface area contributed by atoms with Crippen molar-refractivity contribution < 1.29 is 18.0 Å². The molecule has 1 saturated heterocycles. The zero-order chi connectivity index (χ0) is 22.6. The third kappa shape index (κ3) is 5.66. The smallest absolute Gasteiger partial charge is 0.354 e. The molecule has 3 heterocycles. The average molecular weight is 448 g/mol. The summed E-state index contributed by atoms with van der Waals surface area (Å²) in [7, 11) is 0. The highest BCUT2D eigenvalue weighted by molar-refractivity contribution is 5.74. The van der Waals surface area contributed by atoms with Gasteiger partial charge in [0.1, 0.15) is 5.82 Å². The largest absolute Gasteiger partial charge is 0.433 e. The lowest BCUT2D eigenvalue weighted by atomic mass is 9.89. The second kappa shape index (κ2) is 9.70. The highest BCUT2D eigenvalue weighted by Gasteiger charge is 2.35. The zero-order valence-corrected chi connectivity index (χ0v) is 17.7. The maximum absolute atomic E-state index is 13.5. The van der Waals surface area contributed by atoms with Crippen LogP contribution in [0.2, 0.25) is 0 Å². The van der Waals surface area contributed by atoms with Crippen LogP contribution in [0, 0.1) is 5.92 Å². The van der Waals surface area contributed by atoms with Gasteiger partial charge in [0.25, 0.3) is 0 Å². The highest BCUT2D eigenvalue weighted by Crippen LogP contribution is 2.32. The molecule has 1 aliphatic heterocycles. The highest BCUT2D eigenvalue weighted by atomic mass is 19.4. The van der Waals surface area contributed by atoms with Gasteiger partial charge in [0, 0.05) is 49.7 Å². The van der Waals surface area contributed by atoms with Gasteiger partial charge in [-0.1, -0.05) is 19.3 Å². The summed E-state index contributed by atoms with van der Waals surface area (Å²) in [6, 6.07) is 3.73. The Morgan fingerprint density at radius 2 is 1.84 bits per heavy atom. The van der Waals surface area contributed by atoms with Crippen LogP contribution in [-0.2, 0) is 6.18 Å². The topological polar surface area (TPSA) is 83.0 Å². The summed E-state index contributed by atoms with van der Waals surface area (Å²) in [6.07, 6.45) is 5.00. The molecule has 0 bridgehead atoms. The maximum atomic E-state index is 13.5. The Bertz CT molecular complexity index is 918. The van der Waals surface area contributed by atoms with Gasteiger partial charge in [-0.05, 0) is 37.3 Å². The lowest BCUT2D eigenvalue weighted by Gasteiger charge is -2.23. The van der Waals surface area contributed by atoms with Gasteiger partial charge in [-0.3, -0.25) is 4.98 Å². The Kier molecular flexibility index (Phi) is 6.76. The van der Waals surface area contributed by atoms with Crippen molar-refractivity contribution in [3.8, 4) is 11.4 Å². The first kappa shape index (κ1) is 22.3.